The molecule has 84 valence electrons. The Labute approximate surface area is 95.3 Å². The third-order valence-corrected chi connectivity index (χ3v) is 3.73. The summed E-state index contributed by atoms with van der Waals surface area (Å²) in [5.74, 6) is 0. The lowest BCUT2D eigenvalue weighted by atomic mass is 9.91. The summed E-state index contributed by atoms with van der Waals surface area (Å²) in [7, 11) is 0. The first-order valence-electron chi connectivity index (χ1n) is 5.97. The van der Waals surface area contributed by atoms with Crippen LogP contribution in [0.3, 0.4) is 0 Å². The molecule has 0 fully saturated rings. The molecule has 0 bridgehead atoms. The summed E-state index contributed by atoms with van der Waals surface area (Å²) >= 11 is 0. The van der Waals surface area contributed by atoms with E-state index in [9.17, 15) is 5.11 Å². The number of aromatic nitrogens is 1. The minimum atomic E-state index is -0.280. The maximum absolute atomic E-state index is 10.1. The van der Waals surface area contributed by atoms with Gasteiger partial charge >= 0.3 is 0 Å². The normalized spacial score (nSPS) is 20.1. The molecule has 1 aliphatic rings. The van der Waals surface area contributed by atoms with Gasteiger partial charge in [0.1, 0.15) is 0 Å². The van der Waals surface area contributed by atoms with Crippen molar-refractivity contribution in [2.45, 2.75) is 39.2 Å². The molecule has 1 aromatic heterocycles. The van der Waals surface area contributed by atoms with Crippen LogP contribution in [0, 0.1) is 13.8 Å². The van der Waals surface area contributed by atoms with Crippen molar-refractivity contribution < 1.29 is 5.11 Å². The molecule has 2 nitrogen and oxygen atoms in total. The van der Waals surface area contributed by atoms with Crippen molar-refractivity contribution in [2.75, 3.05) is 0 Å². The van der Waals surface area contributed by atoms with Crippen molar-refractivity contribution in [3.05, 3.63) is 34.5 Å². The first-order valence-corrected chi connectivity index (χ1v) is 5.97. The van der Waals surface area contributed by atoms with Crippen LogP contribution in [0.25, 0.3) is 10.9 Å². The first kappa shape index (κ1) is 9.91. The highest BCUT2D eigenvalue weighted by Crippen LogP contribution is 2.37. The van der Waals surface area contributed by atoms with E-state index in [1.165, 1.54) is 27.7 Å². The molecular weight excluding hydrogens is 198 g/mol. The monoisotopic (exact) mass is 215 g/mol. The maximum atomic E-state index is 10.1. The number of H-pyrrole nitrogens is 1. The van der Waals surface area contributed by atoms with Gasteiger partial charge in [-0.3, -0.25) is 0 Å². The van der Waals surface area contributed by atoms with E-state index >= 15 is 0 Å². The van der Waals surface area contributed by atoms with Crippen molar-refractivity contribution in [1.82, 2.24) is 4.98 Å². The molecule has 0 spiro atoms. The van der Waals surface area contributed by atoms with Gasteiger partial charge in [-0.15, -0.1) is 0 Å². The van der Waals surface area contributed by atoms with Crippen LogP contribution in [-0.2, 0) is 6.42 Å². The quantitative estimate of drug-likeness (QED) is 0.695. The van der Waals surface area contributed by atoms with E-state index in [1.807, 2.05) is 0 Å². The van der Waals surface area contributed by atoms with E-state index < -0.39 is 0 Å². The zero-order valence-corrected chi connectivity index (χ0v) is 9.80. The first-order chi connectivity index (χ1) is 7.68. The number of aliphatic hydroxyl groups is 1. The van der Waals surface area contributed by atoms with Gasteiger partial charge in [-0.2, -0.15) is 0 Å². The van der Waals surface area contributed by atoms with Crippen molar-refractivity contribution in [3.63, 3.8) is 0 Å². The van der Waals surface area contributed by atoms with Crippen LogP contribution in [0.15, 0.2) is 12.1 Å². The maximum Gasteiger partial charge on any atom is 0.0813 e. The van der Waals surface area contributed by atoms with Crippen LogP contribution in [0.1, 0.15) is 41.3 Å². The summed E-state index contributed by atoms with van der Waals surface area (Å²) in [6.07, 6.45) is 2.77. The SMILES string of the molecule is Cc1ccc(C)c2c3c([nH]c12)CCCC3O. The summed E-state index contributed by atoms with van der Waals surface area (Å²) in [5.41, 5.74) is 6.14. The molecule has 2 N–H and O–H groups in total. The van der Waals surface area contributed by atoms with Gasteiger partial charge in [0.05, 0.1) is 6.10 Å². The minimum absolute atomic E-state index is 0.280. The lowest BCUT2D eigenvalue weighted by molar-refractivity contribution is 0.158. The third-order valence-electron chi connectivity index (χ3n) is 3.73. The zero-order chi connectivity index (χ0) is 11.3. The Bertz CT molecular complexity index is 553. The fraction of sp³-hybridized carbons (Fsp3) is 0.429. The number of hydrogen-bond donors (Lipinski definition) is 2. The van der Waals surface area contributed by atoms with E-state index in [2.05, 4.69) is 31.0 Å². The molecule has 3 rings (SSSR count). The lowest BCUT2D eigenvalue weighted by Crippen LogP contribution is -2.07. The average molecular weight is 215 g/mol. The van der Waals surface area contributed by atoms with E-state index in [0.29, 0.717) is 0 Å². The predicted octanol–water partition coefficient (Wildman–Crippen LogP) is 3.15. The number of aryl methyl sites for hydroxylation is 3. The topological polar surface area (TPSA) is 36.0 Å². The molecule has 0 saturated heterocycles. The van der Waals surface area contributed by atoms with Crippen LogP contribution in [0.2, 0.25) is 0 Å². The molecule has 1 aromatic carbocycles. The second-order valence-electron chi connectivity index (χ2n) is 4.87. The van der Waals surface area contributed by atoms with Gasteiger partial charge in [-0.1, -0.05) is 12.1 Å². The number of rotatable bonds is 0. The van der Waals surface area contributed by atoms with Gasteiger partial charge in [0.25, 0.3) is 0 Å². The van der Waals surface area contributed by atoms with Crippen LogP contribution in [0.5, 0.6) is 0 Å². The van der Waals surface area contributed by atoms with Crippen LogP contribution in [-0.4, -0.2) is 10.1 Å². The van der Waals surface area contributed by atoms with E-state index in [0.717, 1.165) is 24.8 Å². The summed E-state index contributed by atoms with van der Waals surface area (Å²) in [6.45, 7) is 4.24. The van der Waals surface area contributed by atoms with Gasteiger partial charge in [-0.25, -0.2) is 0 Å². The molecule has 1 aliphatic carbocycles. The van der Waals surface area contributed by atoms with Crippen LogP contribution >= 0.6 is 0 Å². The second kappa shape index (κ2) is 3.36. The Morgan fingerprint density at radius 2 is 2.00 bits per heavy atom. The zero-order valence-electron chi connectivity index (χ0n) is 9.80. The molecule has 2 heteroatoms. The standard InChI is InChI=1S/C14H17NO/c1-8-6-7-9(2)14-12(8)13-10(15-14)4-3-5-11(13)16/h6-7,11,15-16H,3-5H2,1-2H3. The van der Waals surface area contributed by atoms with Crippen molar-refractivity contribution in [3.8, 4) is 0 Å². The molecule has 0 saturated carbocycles. The number of benzene rings is 1. The van der Waals surface area contributed by atoms with Crippen LogP contribution < -0.4 is 0 Å². The molecule has 1 heterocycles. The Balaban J connectivity index is 2.42. The van der Waals surface area contributed by atoms with E-state index in [4.69, 9.17) is 0 Å². The summed E-state index contributed by atoms with van der Waals surface area (Å²) < 4.78 is 0. The van der Waals surface area contributed by atoms with Gasteiger partial charge in [0, 0.05) is 22.2 Å². The predicted molar refractivity (Wildman–Crippen MR) is 65.7 cm³/mol. The number of aliphatic hydroxyl groups excluding tert-OH is 1. The Morgan fingerprint density at radius 1 is 1.25 bits per heavy atom. The summed E-state index contributed by atoms with van der Waals surface area (Å²) in [5, 5.41) is 11.4. The van der Waals surface area contributed by atoms with Crippen molar-refractivity contribution >= 4 is 10.9 Å². The van der Waals surface area contributed by atoms with Gasteiger partial charge in [-0.05, 0) is 44.2 Å². The Morgan fingerprint density at radius 3 is 2.81 bits per heavy atom. The smallest absolute Gasteiger partial charge is 0.0813 e. The minimum Gasteiger partial charge on any atom is -0.388 e. The van der Waals surface area contributed by atoms with E-state index in [1.54, 1.807) is 0 Å². The fourth-order valence-corrected chi connectivity index (χ4v) is 2.87. The third kappa shape index (κ3) is 1.23. The molecule has 0 radical (unpaired) electrons. The van der Waals surface area contributed by atoms with Crippen molar-refractivity contribution in [1.29, 1.82) is 0 Å². The molecule has 16 heavy (non-hydrogen) atoms. The summed E-state index contributed by atoms with van der Waals surface area (Å²) in [4.78, 5) is 3.50. The number of nitrogens with one attached hydrogen (secondary N) is 1. The molecule has 1 unspecified atom stereocenters. The number of hydrogen-bond acceptors (Lipinski definition) is 1. The summed E-state index contributed by atoms with van der Waals surface area (Å²) in [6, 6.07) is 4.29. The second-order valence-corrected chi connectivity index (χ2v) is 4.87. The molecule has 0 amide bonds. The molecule has 2 aromatic rings. The van der Waals surface area contributed by atoms with Gasteiger partial charge < -0.3 is 10.1 Å². The molecule has 0 aliphatic heterocycles. The molecular formula is C14H17NO. The largest absolute Gasteiger partial charge is 0.388 e. The van der Waals surface area contributed by atoms with Gasteiger partial charge in [0.15, 0.2) is 0 Å². The van der Waals surface area contributed by atoms with E-state index in [-0.39, 0.29) is 6.10 Å². The Hall–Kier alpha value is -1.28. The Kier molecular flexibility index (Phi) is 2.08. The van der Waals surface area contributed by atoms with Crippen molar-refractivity contribution in [2.24, 2.45) is 0 Å². The highest BCUT2D eigenvalue weighted by atomic mass is 16.3. The van der Waals surface area contributed by atoms with Crippen LogP contribution in [0.4, 0.5) is 0 Å². The fourth-order valence-electron chi connectivity index (χ4n) is 2.87. The highest BCUT2D eigenvalue weighted by Gasteiger charge is 2.24. The number of aromatic amines is 1. The highest BCUT2D eigenvalue weighted by molar-refractivity contribution is 5.90. The number of fused-ring (bicyclic) bond motifs is 3. The average Bonchev–Trinajstić information content (AvgIpc) is 2.65. The van der Waals surface area contributed by atoms with Gasteiger partial charge in [0.2, 0.25) is 0 Å². The lowest BCUT2D eigenvalue weighted by Gasteiger charge is -2.18. The molecule has 1 atom stereocenters.